The fourth-order valence-corrected chi connectivity index (χ4v) is 1.95. The molecule has 21 heavy (non-hydrogen) atoms. The molecule has 1 heterocycles. The largest absolute Gasteiger partial charge is 0.478 e. The number of fused-ring (bicyclic) bond motifs is 1. The number of nitrogens with zero attached hydrogens (tertiary/aromatic N) is 1. The Labute approximate surface area is 119 Å². The van der Waals surface area contributed by atoms with Crippen molar-refractivity contribution >= 4 is 28.8 Å². The van der Waals surface area contributed by atoms with Gasteiger partial charge in [-0.25, -0.2) is 9.18 Å². The van der Waals surface area contributed by atoms with Gasteiger partial charge in [-0.1, -0.05) is 6.07 Å². The van der Waals surface area contributed by atoms with Crippen molar-refractivity contribution in [2.45, 2.75) is 6.92 Å². The Morgan fingerprint density at radius 3 is 2.81 bits per heavy atom. The highest BCUT2D eigenvalue weighted by molar-refractivity contribution is 5.92. The van der Waals surface area contributed by atoms with Crippen LogP contribution in [0.5, 0.6) is 0 Å². The molecule has 1 aromatic heterocycles. The van der Waals surface area contributed by atoms with Crippen molar-refractivity contribution in [3.8, 4) is 0 Å². The third-order valence-corrected chi connectivity index (χ3v) is 3.00. The summed E-state index contributed by atoms with van der Waals surface area (Å²) < 4.78 is 19.1. The number of halogens is 1. The first-order valence-electron chi connectivity index (χ1n) is 6.20. The van der Waals surface area contributed by atoms with Gasteiger partial charge in [0.15, 0.2) is 5.58 Å². The Morgan fingerprint density at radius 1 is 1.29 bits per heavy atom. The molecule has 0 saturated carbocycles. The highest BCUT2D eigenvalue weighted by Crippen LogP contribution is 2.24. The summed E-state index contributed by atoms with van der Waals surface area (Å²) in [5, 5.41) is 11.7. The maximum Gasteiger partial charge on any atom is 0.335 e. The number of aromatic carboxylic acids is 1. The number of carboxylic acid groups (broad SMARTS) is 1. The molecule has 0 aliphatic carbocycles. The molecular formula is C15H11FN2O3. The summed E-state index contributed by atoms with van der Waals surface area (Å²) in [6.45, 7) is 1.79. The van der Waals surface area contributed by atoms with Gasteiger partial charge in [-0.2, -0.15) is 4.98 Å². The number of aryl methyl sites for hydroxylation is 1. The number of carbonyl (C=O) groups is 1. The smallest absolute Gasteiger partial charge is 0.335 e. The third kappa shape index (κ3) is 2.55. The fraction of sp³-hybridized carbons (Fsp3) is 0.0667. The van der Waals surface area contributed by atoms with Crippen molar-refractivity contribution in [2.75, 3.05) is 5.32 Å². The van der Waals surface area contributed by atoms with Gasteiger partial charge in [0.05, 0.1) is 11.3 Å². The average molecular weight is 286 g/mol. The van der Waals surface area contributed by atoms with E-state index in [0.29, 0.717) is 11.1 Å². The molecule has 0 fully saturated rings. The predicted octanol–water partition coefficient (Wildman–Crippen LogP) is 3.72. The summed E-state index contributed by atoms with van der Waals surface area (Å²) in [4.78, 5) is 15.0. The van der Waals surface area contributed by atoms with E-state index >= 15 is 0 Å². The molecule has 0 aliphatic rings. The molecule has 0 saturated heterocycles. The molecule has 0 aliphatic heterocycles. The molecule has 5 nitrogen and oxygen atoms in total. The molecule has 0 bridgehead atoms. The second-order valence-corrected chi connectivity index (χ2v) is 4.61. The van der Waals surface area contributed by atoms with Gasteiger partial charge < -0.3 is 14.8 Å². The highest BCUT2D eigenvalue weighted by atomic mass is 19.1. The molecule has 0 amide bonds. The monoisotopic (exact) mass is 286 g/mol. The molecule has 6 heteroatoms. The van der Waals surface area contributed by atoms with Crippen LogP contribution in [0.4, 0.5) is 16.1 Å². The van der Waals surface area contributed by atoms with E-state index < -0.39 is 11.8 Å². The number of oxazole rings is 1. The SMILES string of the molecule is Cc1ccc(Nc2nc3ccc(C(=O)O)cc3o2)c(F)c1. The van der Waals surface area contributed by atoms with Crippen LogP contribution in [0.25, 0.3) is 11.1 Å². The second-order valence-electron chi connectivity index (χ2n) is 4.61. The molecule has 3 aromatic rings. The molecule has 0 unspecified atom stereocenters. The maximum atomic E-state index is 13.8. The van der Waals surface area contributed by atoms with Crippen LogP contribution < -0.4 is 5.32 Å². The van der Waals surface area contributed by atoms with Crippen LogP contribution in [0.3, 0.4) is 0 Å². The molecule has 0 radical (unpaired) electrons. The van der Waals surface area contributed by atoms with E-state index in [0.717, 1.165) is 5.56 Å². The van der Waals surface area contributed by atoms with Crippen LogP contribution in [0.2, 0.25) is 0 Å². The van der Waals surface area contributed by atoms with Gasteiger partial charge in [-0.15, -0.1) is 0 Å². The van der Waals surface area contributed by atoms with Crippen molar-refractivity contribution in [1.29, 1.82) is 0 Å². The quantitative estimate of drug-likeness (QED) is 0.767. The Morgan fingerprint density at radius 2 is 2.10 bits per heavy atom. The molecular weight excluding hydrogens is 275 g/mol. The lowest BCUT2D eigenvalue weighted by atomic mass is 10.2. The standard InChI is InChI=1S/C15H11FN2O3/c1-8-2-4-11(10(16)6-8)17-15-18-12-5-3-9(14(19)20)7-13(12)21-15/h2-7H,1H3,(H,17,18)(H,19,20). The van der Waals surface area contributed by atoms with E-state index in [9.17, 15) is 9.18 Å². The minimum Gasteiger partial charge on any atom is -0.478 e. The molecule has 2 aromatic carbocycles. The molecule has 0 atom stereocenters. The number of hydrogen-bond acceptors (Lipinski definition) is 4. The lowest BCUT2D eigenvalue weighted by Crippen LogP contribution is -1.94. The van der Waals surface area contributed by atoms with E-state index in [1.165, 1.54) is 18.2 Å². The number of hydrogen-bond donors (Lipinski definition) is 2. The van der Waals surface area contributed by atoms with E-state index in [-0.39, 0.29) is 17.3 Å². The summed E-state index contributed by atoms with van der Waals surface area (Å²) in [6, 6.07) is 9.20. The summed E-state index contributed by atoms with van der Waals surface area (Å²) >= 11 is 0. The van der Waals surface area contributed by atoms with Gasteiger partial charge in [0, 0.05) is 0 Å². The Kier molecular flexibility index (Phi) is 3.06. The number of carboxylic acids is 1. The Hall–Kier alpha value is -2.89. The van der Waals surface area contributed by atoms with Crippen LogP contribution in [0.1, 0.15) is 15.9 Å². The summed E-state index contributed by atoms with van der Waals surface area (Å²) in [7, 11) is 0. The van der Waals surface area contributed by atoms with Crippen LogP contribution in [0, 0.1) is 12.7 Å². The number of anilines is 2. The topological polar surface area (TPSA) is 75.4 Å². The van der Waals surface area contributed by atoms with Crippen LogP contribution in [0.15, 0.2) is 40.8 Å². The normalized spacial score (nSPS) is 10.8. The zero-order chi connectivity index (χ0) is 15.0. The van der Waals surface area contributed by atoms with Gasteiger partial charge in [0.1, 0.15) is 11.3 Å². The van der Waals surface area contributed by atoms with Crippen LogP contribution in [-0.2, 0) is 0 Å². The summed E-state index contributed by atoms with van der Waals surface area (Å²) in [5.74, 6) is -1.46. The first-order chi connectivity index (χ1) is 10.0. The third-order valence-electron chi connectivity index (χ3n) is 3.00. The van der Waals surface area contributed by atoms with Crippen molar-refractivity contribution in [2.24, 2.45) is 0 Å². The van der Waals surface area contributed by atoms with Crippen molar-refractivity contribution in [1.82, 2.24) is 4.98 Å². The van der Waals surface area contributed by atoms with E-state index in [1.807, 2.05) is 0 Å². The highest BCUT2D eigenvalue weighted by Gasteiger charge is 2.11. The summed E-state index contributed by atoms with van der Waals surface area (Å²) in [6.07, 6.45) is 0. The maximum absolute atomic E-state index is 13.8. The van der Waals surface area contributed by atoms with Crippen LogP contribution >= 0.6 is 0 Å². The second kappa shape index (κ2) is 4.90. The first kappa shape index (κ1) is 13.1. The van der Waals surface area contributed by atoms with Crippen LogP contribution in [-0.4, -0.2) is 16.1 Å². The van der Waals surface area contributed by atoms with Gasteiger partial charge >= 0.3 is 5.97 Å². The zero-order valence-corrected chi connectivity index (χ0v) is 11.1. The van der Waals surface area contributed by atoms with Gasteiger partial charge in [0.25, 0.3) is 6.01 Å². The predicted molar refractivity (Wildman–Crippen MR) is 75.4 cm³/mol. The minimum absolute atomic E-state index is 0.103. The number of nitrogens with one attached hydrogen (secondary N) is 1. The minimum atomic E-state index is -1.05. The molecule has 3 rings (SSSR count). The lowest BCUT2D eigenvalue weighted by Gasteiger charge is -2.03. The first-order valence-corrected chi connectivity index (χ1v) is 6.20. The van der Waals surface area contributed by atoms with E-state index in [4.69, 9.17) is 9.52 Å². The lowest BCUT2D eigenvalue weighted by molar-refractivity contribution is 0.0697. The van der Waals surface area contributed by atoms with E-state index in [2.05, 4.69) is 10.3 Å². The van der Waals surface area contributed by atoms with Gasteiger partial charge in [0.2, 0.25) is 0 Å². The Balaban J connectivity index is 1.95. The summed E-state index contributed by atoms with van der Waals surface area (Å²) in [5.41, 5.74) is 1.97. The van der Waals surface area contributed by atoms with Crippen molar-refractivity contribution in [3.05, 3.63) is 53.3 Å². The fourth-order valence-electron chi connectivity index (χ4n) is 1.95. The number of aromatic nitrogens is 1. The molecule has 2 N–H and O–H groups in total. The molecule has 106 valence electrons. The number of benzene rings is 2. The number of rotatable bonds is 3. The molecule has 0 spiro atoms. The Bertz CT molecular complexity index is 842. The van der Waals surface area contributed by atoms with E-state index in [1.54, 1.807) is 25.1 Å². The average Bonchev–Trinajstić information content (AvgIpc) is 2.83. The van der Waals surface area contributed by atoms with Gasteiger partial charge in [-0.3, -0.25) is 0 Å². The van der Waals surface area contributed by atoms with Crippen molar-refractivity contribution in [3.63, 3.8) is 0 Å². The van der Waals surface area contributed by atoms with Crippen molar-refractivity contribution < 1.29 is 18.7 Å². The van der Waals surface area contributed by atoms with Gasteiger partial charge in [-0.05, 0) is 42.8 Å². The zero-order valence-electron chi connectivity index (χ0n) is 11.1.